The Morgan fingerprint density at radius 2 is 2.17 bits per heavy atom. The van der Waals surface area contributed by atoms with Crippen molar-refractivity contribution in [3.05, 3.63) is 29.0 Å². The van der Waals surface area contributed by atoms with Gasteiger partial charge >= 0.3 is 0 Å². The number of hydrogen-bond donors (Lipinski definition) is 0. The first-order valence-electron chi connectivity index (χ1n) is 7.63. The van der Waals surface area contributed by atoms with Crippen molar-refractivity contribution in [3.8, 4) is 17.2 Å². The lowest BCUT2D eigenvalue weighted by molar-refractivity contribution is -0.106. The number of benzene rings is 1. The number of rotatable bonds is 2. The fourth-order valence-corrected chi connectivity index (χ4v) is 2.21. The molecule has 1 fully saturated rings. The standard InChI is InChI=1S/C13H13BrO4/c14-12-9(18-11-3-1-2-6-16-11)4-5-10-13(12)17-8-7-15-10/h4-5,7-8,11H,1-3,6H2/i4D,5D,7D,8D. The summed E-state index contributed by atoms with van der Waals surface area (Å²) in [7, 11) is 0. The van der Waals surface area contributed by atoms with Crippen LogP contribution < -0.4 is 14.2 Å². The van der Waals surface area contributed by atoms with Crippen molar-refractivity contribution in [2.45, 2.75) is 25.6 Å². The lowest BCUT2D eigenvalue weighted by atomic mass is 10.2. The van der Waals surface area contributed by atoms with Gasteiger partial charge in [-0.15, -0.1) is 0 Å². The maximum atomic E-state index is 8.05. The van der Waals surface area contributed by atoms with Gasteiger partial charge in [-0.3, -0.25) is 0 Å². The highest BCUT2D eigenvalue weighted by molar-refractivity contribution is 9.10. The van der Waals surface area contributed by atoms with Gasteiger partial charge in [0.1, 0.15) is 25.4 Å². The number of halogens is 1. The Hall–Kier alpha value is -1.20. The monoisotopic (exact) mass is 316 g/mol. The third-order valence-electron chi connectivity index (χ3n) is 2.63. The molecule has 0 aromatic heterocycles. The topological polar surface area (TPSA) is 36.9 Å². The molecule has 0 radical (unpaired) electrons. The summed E-state index contributed by atoms with van der Waals surface area (Å²) in [6, 6.07) is -0.453. The van der Waals surface area contributed by atoms with Gasteiger partial charge in [0.2, 0.25) is 0 Å². The molecule has 1 aromatic carbocycles. The van der Waals surface area contributed by atoms with E-state index in [1.165, 1.54) is 0 Å². The fraction of sp³-hybridized carbons (Fsp3) is 0.385. The van der Waals surface area contributed by atoms with Gasteiger partial charge in [-0.05, 0) is 40.9 Å². The summed E-state index contributed by atoms with van der Waals surface area (Å²) < 4.78 is 52.7. The van der Waals surface area contributed by atoms with Crippen LogP contribution in [0.1, 0.15) is 24.7 Å². The summed E-state index contributed by atoms with van der Waals surface area (Å²) in [5.41, 5.74) is 0. The van der Waals surface area contributed by atoms with Crippen LogP contribution in [0.5, 0.6) is 17.2 Å². The predicted molar refractivity (Wildman–Crippen MR) is 68.8 cm³/mol. The van der Waals surface area contributed by atoms with Crippen molar-refractivity contribution in [2.24, 2.45) is 0 Å². The highest BCUT2D eigenvalue weighted by Gasteiger charge is 2.21. The van der Waals surface area contributed by atoms with Gasteiger partial charge in [0.15, 0.2) is 17.8 Å². The summed E-state index contributed by atoms with van der Waals surface area (Å²) in [5.74, 6) is 0.100. The highest BCUT2D eigenvalue weighted by Crippen LogP contribution is 2.43. The van der Waals surface area contributed by atoms with Gasteiger partial charge < -0.3 is 18.9 Å². The normalized spacial score (nSPS) is 25.9. The minimum Gasteiger partial charge on any atom is -0.464 e. The Morgan fingerprint density at radius 1 is 1.28 bits per heavy atom. The van der Waals surface area contributed by atoms with Crippen LogP contribution in [0.15, 0.2) is 29.0 Å². The second kappa shape index (κ2) is 5.20. The molecule has 2 aliphatic rings. The molecule has 96 valence electrons. The van der Waals surface area contributed by atoms with Crippen LogP contribution in [0.2, 0.25) is 0 Å². The second-order valence-corrected chi connectivity index (χ2v) is 4.67. The van der Waals surface area contributed by atoms with E-state index in [9.17, 15) is 0 Å². The van der Waals surface area contributed by atoms with Crippen molar-refractivity contribution in [1.82, 2.24) is 0 Å². The molecular weight excluding hydrogens is 300 g/mol. The molecule has 2 aliphatic heterocycles. The molecule has 4 nitrogen and oxygen atoms in total. The van der Waals surface area contributed by atoms with Gasteiger partial charge in [-0.2, -0.15) is 0 Å². The summed E-state index contributed by atoms with van der Waals surface area (Å²) in [6.07, 6.45) is 1.19. The minimum absolute atomic E-state index is 0.0628. The maximum absolute atomic E-state index is 8.05. The van der Waals surface area contributed by atoms with Crippen molar-refractivity contribution < 1.29 is 24.4 Å². The Bertz CT molecular complexity index is 644. The first kappa shape index (κ1) is 8.07. The fourth-order valence-electron chi connectivity index (χ4n) is 1.75. The van der Waals surface area contributed by atoms with E-state index >= 15 is 0 Å². The van der Waals surface area contributed by atoms with E-state index in [0.29, 0.717) is 13.0 Å². The predicted octanol–water partition coefficient (Wildman–Crippen LogP) is 3.60. The summed E-state index contributed by atoms with van der Waals surface area (Å²) in [6.45, 7) is 0.593. The molecular formula is C13H13BrO4. The SMILES string of the molecule is [2H]C1=C([2H])Oc2c(Br)c(OC3CCCCO3)c([2H])c([2H])c2O1. The highest BCUT2D eigenvalue weighted by atomic mass is 79.9. The van der Waals surface area contributed by atoms with Crippen LogP contribution in [0.3, 0.4) is 0 Å². The van der Waals surface area contributed by atoms with Crippen molar-refractivity contribution in [1.29, 1.82) is 0 Å². The number of hydrogen-bond acceptors (Lipinski definition) is 4. The average molecular weight is 317 g/mol. The first-order valence-corrected chi connectivity index (χ1v) is 6.42. The molecule has 1 saturated heterocycles. The van der Waals surface area contributed by atoms with E-state index in [0.717, 1.165) is 12.8 Å². The molecule has 1 atom stereocenters. The molecule has 0 aliphatic carbocycles. The lowest BCUT2D eigenvalue weighted by Crippen LogP contribution is -2.25. The largest absolute Gasteiger partial charge is 0.464 e. The van der Waals surface area contributed by atoms with Gasteiger partial charge in [-0.1, -0.05) is 0 Å². The van der Waals surface area contributed by atoms with Crippen LogP contribution in [0.25, 0.3) is 0 Å². The van der Waals surface area contributed by atoms with Gasteiger partial charge in [0.05, 0.1) is 9.35 Å². The van der Waals surface area contributed by atoms with E-state index in [4.69, 9.17) is 24.4 Å². The van der Waals surface area contributed by atoms with Gasteiger partial charge in [0.25, 0.3) is 0 Å². The molecule has 0 saturated carbocycles. The van der Waals surface area contributed by atoms with Crippen molar-refractivity contribution in [3.63, 3.8) is 0 Å². The molecule has 0 bridgehead atoms. The molecule has 0 N–H and O–H groups in total. The zero-order chi connectivity index (χ0) is 15.9. The minimum atomic E-state index is -0.503. The molecule has 5 heteroatoms. The maximum Gasteiger partial charge on any atom is 0.199 e. The zero-order valence-corrected chi connectivity index (χ0v) is 11.0. The van der Waals surface area contributed by atoms with E-state index in [1.54, 1.807) is 0 Å². The molecule has 1 aromatic rings. The third-order valence-corrected chi connectivity index (χ3v) is 3.35. The first-order chi connectivity index (χ1) is 10.5. The molecule has 2 heterocycles. The average Bonchev–Trinajstić information content (AvgIpc) is 2.52. The van der Waals surface area contributed by atoms with Crippen molar-refractivity contribution >= 4 is 15.9 Å². The Morgan fingerprint density at radius 3 is 3.00 bits per heavy atom. The Balaban J connectivity index is 1.99. The van der Waals surface area contributed by atoms with Gasteiger partial charge in [0, 0.05) is 6.42 Å². The van der Waals surface area contributed by atoms with E-state index in [2.05, 4.69) is 15.9 Å². The zero-order valence-electron chi connectivity index (χ0n) is 13.4. The molecule has 0 amide bonds. The van der Waals surface area contributed by atoms with Gasteiger partial charge in [-0.25, -0.2) is 0 Å². The van der Waals surface area contributed by atoms with Crippen molar-refractivity contribution in [2.75, 3.05) is 6.61 Å². The number of fused-ring (bicyclic) bond motifs is 1. The van der Waals surface area contributed by atoms with E-state index < -0.39 is 18.8 Å². The Kier molecular flexibility index (Phi) is 2.33. The summed E-state index contributed by atoms with van der Waals surface area (Å²) in [4.78, 5) is 0. The smallest absolute Gasteiger partial charge is 0.199 e. The third kappa shape index (κ3) is 2.33. The number of ether oxygens (including phenoxy) is 4. The van der Waals surface area contributed by atoms with Crippen LogP contribution in [-0.4, -0.2) is 12.9 Å². The summed E-state index contributed by atoms with van der Waals surface area (Å²) in [5, 5.41) is 0. The van der Waals surface area contributed by atoms with Crippen LogP contribution in [0, 0.1) is 0 Å². The van der Waals surface area contributed by atoms with Crippen LogP contribution in [-0.2, 0) is 4.74 Å². The lowest BCUT2D eigenvalue weighted by Gasteiger charge is -2.25. The molecule has 0 spiro atoms. The molecule has 3 rings (SSSR count). The Labute approximate surface area is 119 Å². The van der Waals surface area contributed by atoms with Crippen LogP contribution >= 0.6 is 15.9 Å². The molecule has 18 heavy (non-hydrogen) atoms. The van der Waals surface area contributed by atoms with Crippen LogP contribution in [0.4, 0.5) is 0 Å². The second-order valence-electron chi connectivity index (χ2n) is 3.87. The van der Waals surface area contributed by atoms with E-state index in [1.807, 2.05) is 0 Å². The molecule has 1 unspecified atom stereocenters. The quantitative estimate of drug-likeness (QED) is 0.835. The summed E-state index contributed by atoms with van der Waals surface area (Å²) >= 11 is 3.27. The van der Waals surface area contributed by atoms with E-state index in [-0.39, 0.29) is 33.8 Å².